The number of halogens is 1. The van der Waals surface area contributed by atoms with E-state index < -0.39 is 12.1 Å². The molecule has 1 atom stereocenters. The first kappa shape index (κ1) is 17.3. The topological polar surface area (TPSA) is 61.4 Å². The number of carbonyl (C=O) groups is 2. The molecule has 6 heteroatoms. The first-order valence-corrected chi connectivity index (χ1v) is 8.56. The molecule has 1 saturated heterocycles. The first-order chi connectivity index (χ1) is 12.0. The fourth-order valence-corrected chi connectivity index (χ4v) is 2.93. The van der Waals surface area contributed by atoms with Crippen molar-refractivity contribution in [2.45, 2.75) is 25.9 Å². The monoisotopic (exact) mass is 357 g/mol. The average molecular weight is 358 g/mol. The molecule has 0 aromatic heterocycles. The van der Waals surface area contributed by atoms with Gasteiger partial charge in [-0.1, -0.05) is 41.4 Å². The Morgan fingerprint density at radius 3 is 2.52 bits per heavy atom. The third-order valence-electron chi connectivity index (χ3n) is 4.20. The molecule has 25 heavy (non-hydrogen) atoms. The van der Waals surface area contributed by atoms with Gasteiger partial charge in [0.25, 0.3) is 0 Å². The maximum absolute atomic E-state index is 12.5. The Morgan fingerprint density at radius 2 is 1.84 bits per heavy atom. The molecule has 2 N–H and O–H groups in total. The van der Waals surface area contributed by atoms with Crippen molar-refractivity contribution in [1.82, 2.24) is 10.2 Å². The smallest absolute Gasteiger partial charge is 0.319 e. The van der Waals surface area contributed by atoms with Crippen LogP contribution in [0.1, 0.15) is 17.5 Å². The van der Waals surface area contributed by atoms with Crippen molar-refractivity contribution in [3.05, 3.63) is 64.7 Å². The lowest BCUT2D eigenvalue weighted by Crippen LogP contribution is -2.43. The number of hydrogen-bond acceptors (Lipinski definition) is 2. The number of aryl methyl sites for hydroxylation is 1. The molecule has 0 spiro atoms. The molecule has 130 valence electrons. The van der Waals surface area contributed by atoms with Crippen molar-refractivity contribution in [3.63, 3.8) is 0 Å². The van der Waals surface area contributed by atoms with Crippen LogP contribution in [0.15, 0.2) is 48.5 Å². The maximum Gasteiger partial charge on any atom is 0.319 e. The summed E-state index contributed by atoms with van der Waals surface area (Å²) in [5.74, 6) is -0.0492. The summed E-state index contributed by atoms with van der Waals surface area (Å²) >= 11 is 5.82. The van der Waals surface area contributed by atoms with E-state index in [0.717, 1.165) is 5.56 Å². The first-order valence-electron chi connectivity index (χ1n) is 8.19. The molecule has 1 aliphatic rings. The van der Waals surface area contributed by atoms with Crippen LogP contribution in [0, 0.1) is 6.92 Å². The van der Waals surface area contributed by atoms with Gasteiger partial charge < -0.3 is 15.5 Å². The van der Waals surface area contributed by atoms with Crippen LogP contribution >= 0.6 is 11.6 Å². The minimum atomic E-state index is -0.488. The number of nitrogens with one attached hydrogen (secondary N) is 2. The molecule has 1 heterocycles. The Labute approximate surface area is 152 Å². The number of nitrogens with zero attached hydrogens (tertiary/aromatic N) is 1. The third-order valence-corrected chi connectivity index (χ3v) is 4.45. The molecule has 0 saturated carbocycles. The number of likely N-dealkylation sites (tertiary alicyclic amines) is 1. The summed E-state index contributed by atoms with van der Waals surface area (Å²) in [7, 11) is 0. The van der Waals surface area contributed by atoms with E-state index in [1.54, 1.807) is 29.2 Å². The normalized spacial score (nSPS) is 16.8. The van der Waals surface area contributed by atoms with E-state index in [2.05, 4.69) is 10.6 Å². The predicted octanol–water partition coefficient (Wildman–Crippen LogP) is 3.57. The highest BCUT2D eigenvalue weighted by Gasteiger charge is 2.32. The number of carbonyl (C=O) groups excluding carboxylic acids is 2. The molecule has 0 radical (unpaired) electrons. The second kappa shape index (κ2) is 7.57. The Kier molecular flexibility index (Phi) is 5.24. The third kappa shape index (κ3) is 4.51. The molecule has 1 aliphatic heterocycles. The fraction of sp³-hybridized carbons (Fsp3) is 0.263. The van der Waals surface area contributed by atoms with Gasteiger partial charge in [0.2, 0.25) is 5.91 Å². The van der Waals surface area contributed by atoms with Crippen molar-refractivity contribution in [1.29, 1.82) is 0 Å². The number of benzene rings is 2. The minimum Gasteiger partial charge on any atom is -0.336 e. The quantitative estimate of drug-likeness (QED) is 0.878. The van der Waals surface area contributed by atoms with Gasteiger partial charge in [0.05, 0.1) is 0 Å². The molecule has 2 aromatic carbocycles. The van der Waals surface area contributed by atoms with Crippen LogP contribution in [0.5, 0.6) is 0 Å². The molecular formula is C19H20ClN3O2. The summed E-state index contributed by atoms with van der Waals surface area (Å²) in [5, 5.41) is 6.05. The number of rotatable bonds is 4. The Balaban J connectivity index is 1.53. The van der Waals surface area contributed by atoms with Crippen LogP contribution in [0.4, 0.5) is 10.5 Å². The fourth-order valence-electron chi connectivity index (χ4n) is 2.80. The Hall–Kier alpha value is -2.53. The summed E-state index contributed by atoms with van der Waals surface area (Å²) in [6.07, 6.45) is 0.610. The van der Waals surface area contributed by atoms with E-state index in [0.29, 0.717) is 30.2 Å². The maximum atomic E-state index is 12.5. The van der Waals surface area contributed by atoms with Gasteiger partial charge in [0.15, 0.2) is 0 Å². The van der Waals surface area contributed by atoms with Crippen LogP contribution in [-0.4, -0.2) is 29.4 Å². The lowest BCUT2D eigenvalue weighted by atomic mass is 10.1. The number of anilines is 1. The second-order valence-corrected chi connectivity index (χ2v) is 6.63. The highest BCUT2D eigenvalue weighted by molar-refractivity contribution is 6.30. The zero-order valence-electron chi connectivity index (χ0n) is 14.0. The van der Waals surface area contributed by atoms with E-state index in [1.165, 1.54) is 5.56 Å². The lowest BCUT2D eigenvalue weighted by Gasteiger charge is -2.17. The largest absolute Gasteiger partial charge is 0.336 e. The minimum absolute atomic E-state index is 0.0492. The molecule has 3 rings (SSSR count). The van der Waals surface area contributed by atoms with Gasteiger partial charge in [0, 0.05) is 23.8 Å². The van der Waals surface area contributed by atoms with E-state index >= 15 is 0 Å². The van der Waals surface area contributed by atoms with Crippen molar-refractivity contribution >= 4 is 29.2 Å². The predicted molar refractivity (Wildman–Crippen MR) is 98.6 cm³/mol. The molecule has 3 amide bonds. The second-order valence-electron chi connectivity index (χ2n) is 6.19. The molecule has 0 aliphatic carbocycles. The standard InChI is InChI=1S/C19H20ClN3O2/c1-13-2-4-14(5-3-13)12-23-11-10-17(18(23)24)22-19(25)21-16-8-6-15(20)7-9-16/h2-9,17H,10-12H2,1H3,(H2,21,22,25)/t17-/m0/s1. The van der Waals surface area contributed by atoms with Crippen molar-refractivity contribution < 1.29 is 9.59 Å². The van der Waals surface area contributed by atoms with Gasteiger partial charge in [-0.05, 0) is 43.2 Å². The summed E-state index contributed by atoms with van der Waals surface area (Å²) in [6, 6.07) is 14.0. The van der Waals surface area contributed by atoms with Gasteiger partial charge in [-0.15, -0.1) is 0 Å². The van der Waals surface area contributed by atoms with Crippen LogP contribution in [0.25, 0.3) is 0 Å². The SMILES string of the molecule is Cc1ccc(CN2CC[C@H](NC(=O)Nc3ccc(Cl)cc3)C2=O)cc1. The number of amides is 3. The zero-order chi connectivity index (χ0) is 17.8. The van der Waals surface area contributed by atoms with Crippen molar-refractivity contribution in [2.24, 2.45) is 0 Å². The zero-order valence-corrected chi connectivity index (χ0v) is 14.7. The summed E-state index contributed by atoms with van der Waals surface area (Å²) in [4.78, 5) is 26.3. The molecular weight excluding hydrogens is 338 g/mol. The van der Waals surface area contributed by atoms with Gasteiger partial charge >= 0.3 is 6.03 Å². The van der Waals surface area contributed by atoms with Crippen molar-refractivity contribution in [3.8, 4) is 0 Å². The van der Waals surface area contributed by atoms with Gasteiger partial charge in [-0.2, -0.15) is 0 Å². The average Bonchev–Trinajstić information content (AvgIpc) is 2.92. The van der Waals surface area contributed by atoms with Crippen LogP contribution in [-0.2, 0) is 11.3 Å². The number of urea groups is 1. The van der Waals surface area contributed by atoms with E-state index in [4.69, 9.17) is 11.6 Å². The molecule has 5 nitrogen and oxygen atoms in total. The summed E-state index contributed by atoms with van der Waals surface area (Å²) in [6.45, 7) is 3.23. The Morgan fingerprint density at radius 1 is 1.16 bits per heavy atom. The van der Waals surface area contributed by atoms with Crippen molar-refractivity contribution in [2.75, 3.05) is 11.9 Å². The molecule has 1 fully saturated rings. The highest BCUT2D eigenvalue weighted by Crippen LogP contribution is 2.17. The number of hydrogen-bond donors (Lipinski definition) is 2. The van der Waals surface area contributed by atoms with E-state index in [1.807, 2.05) is 31.2 Å². The lowest BCUT2D eigenvalue weighted by molar-refractivity contribution is -0.129. The van der Waals surface area contributed by atoms with Gasteiger partial charge in [-0.25, -0.2) is 4.79 Å². The summed E-state index contributed by atoms with van der Waals surface area (Å²) in [5.41, 5.74) is 2.91. The molecule has 2 aromatic rings. The van der Waals surface area contributed by atoms with Gasteiger partial charge in [0.1, 0.15) is 6.04 Å². The van der Waals surface area contributed by atoms with Gasteiger partial charge in [-0.3, -0.25) is 4.79 Å². The molecule has 0 unspecified atom stereocenters. The highest BCUT2D eigenvalue weighted by atomic mass is 35.5. The Bertz CT molecular complexity index is 759. The van der Waals surface area contributed by atoms with E-state index in [-0.39, 0.29) is 5.91 Å². The molecule has 0 bridgehead atoms. The van der Waals surface area contributed by atoms with Crippen LogP contribution < -0.4 is 10.6 Å². The van der Waals surface area contributed by atoms with Crippen LogP contribution in [0.2, 0.25) is 5.02 Å². The van der Waals surface area contributed by atoms with Crippen LogP contribution in [0.3, 0.4) is 0 Å². The summed E-state index contributed by atoms with van der Waals surface area (Å²) < 4.78 is 0. The van der Waals surface area contributed by atoms with E-state index in [9.17, 15) is 9.59 Å².